The van der Waals surface area contributed by atoms with E-state index in [9.17, 15) is 34.8 Å². The van der Waals surface area contributed by atoms with Crippen LogP contribution >= 0.6 is 0 Å². The number of rotatable bonds is 5. The van der Waals surface area contributed by atoms with E-state index in [0.29, 0.717) is 11.8 Å². The Bertz CT molecular complexity index is 998. The number of fused-ring (bicyclic) bond motifs is 1. The minimum atomic E-state index is -4.71. The van der Waals surface area contributed by atoms with E-state index >= 15 is 0 Å². The van der Waals surface area contributed by atoms with Crippen molar-refractivity contribution >= 4 is 10.0 Å². The van der Waals surface area contributed by atoms with E-state index in [-0.39, 0.29) is 38.3 Å². The highest BCUT2D eigenvalue weighted by atomic mass is 32.2. The zero-order valence-corrected chi connectivity index (χ0v) is 15.5. The van der Waals surface area contributed by atoms with Gasteiger partial charge in [0.2, 0.25) is 10.0 Å². The number of hydrogen-bond acceptors (Lipinski definition) is 4. The Hall–Kier alpha value is -2.12. The van der Waals surface area contributed by atoms with Crippen molar-refractivity contribution in [2.45, 2.75) is 36.8 Å². The molecule has 3 rings (SSSR count). The first kappa shape index (κ1) is 21.6. The maximum Gasteiger partial charge on any atom is 0.435 e. The SMILES string of the molecule is O=S(=O)(NCCn1nc(C(F)(F)F)c2c1CCOC2)c1cccc(C(F)(F)F)c1. The second-order valence-electron chi connectivity index (χ2n) is 6.22. The number of aromatic nitrogens is 2. The third-order valence-corrected chi connectivity index (χ3v) is 5.71. The molecule has 0 fully saturated rings. The van der Waals surface area contributed by atoms with Gasteiger partial charge in [-0.1, -0.05) is 6.07 Å². The zero-order chi connectivity index (χ0) is 21.4. The first-order valence-corrected chi connectivity index (χ1v) is 9.78. The Kier molecular flexibility index (Phi) is 5.66. The minimum absolute atomic E-state index is 0.0931. The number of hydrogen-bond donors (Lipinski definition) is 1. The topological polar surface area (TPSA) is 73.2 Å². The van der Waals surface area contributed by atoms with E-state index < -0.39 is 38.5 Å². The summed E-state index contributed by atoms with van der Waals surface area (Å²) in [6.45, 7) is -0.631. The maximum atomic E-state index is 13.1. The van der Waals surface area contributed by atoms with E-state index in [1.54, 1.807) is 0 Å². The van der Waals surface area contributed by atoms with Crippen LogP contribution in [0.4, 0.5) is 26.3 Å². The van der Waals surface area contributed by atoms with E-state index in [1.165, 1.54) is 0 Å². The number of nitrogens with zero attached hydrogens (tertiary/aromatic N) is 2. The predicted molar refractivity (Wildman–Crippen MR) is 87.2 cm³/mol. The number of benzene rings is 1. The molecule has 2 aromatic rings. The molecule has 0 saturated heterocycles. The largest absolute Gasteiger partial charge is 0.435 e. The summed E-state index contributed by atoms with van der Waals surface area (Å²) in [6, 6.07) is 3.16. The van der Waals surface area contributed by atoms with Crippen molar-refractivity contribution in [3.05, 3.63) is 46.8 Å². The van der Waals surface area contributed by atoms with Gasteiger partial charge in [-0.3, -0.25) is 4.68 Å². The molecule has 1 aromatic carbocycles. The van der Waals surface area contributed by atoms with Gasteiger partial charge in [-0.25, -0.2) is 13.1 Å². The molecule has 2 heterocycles. The molecule has 0 unspecified atom stereocenters. The van der Waals surface area contributed by atoms with Gasteiger partial charge < -0.3 is 4.74 Å². The Balaban J connectivity index is 1.76. The number of alkyl halides is 6. The zero-order valence-electron chi connectivity index (χ0n) is 14.6. The Morgan fingerprint density at radius 2 is 1.86 bits per heavy atom. The van der Waals surface area contributed by atoms with Gasteiger partial charge in [-0.05, 0) is 18.2 Å². The lowest BCUT2D eigenvalue weighted by molar-refractivity contribution is -0.143. The van der Waals surface area contributed by atoms with Crippen LogP contribution in [0.2, 0.25) is 0 Å². The van der Waals surface area contributed by atoms with Gasteiger partial charge in [0.05, 0.1) is 30.2 Å². The highest BCUT2D eigenvalue weighted by molar-refractivity contribution is 7.89. The Morgan fingerprint density at radius 1 is 1.14 bits per heavy atom. The summed E-state index contributed by atoms with van der Waals surface area (Å²) in [5.41, 5.74) is -2.02. The quantitative estimate of drug-likeness (QED) is 0.722. The summed E-state index contributed by atoms with van der Waals surface area (Å²) in [6.07, 6.45) is -9.22. The molecule has 0 bridgehead atoms. The number of halogens is 6. The van der Waals surface area contributed by atoms with Crippen LogP contribution in [0.3, 0.4) is 0 Å². The van der Waals surface area contributed by atoms with Crippen molar-refractivity contribution in [1.29, 1.82) is 0 Å². The van der Waals surface area contributed by atoms with Crippen LogP contribution in [-0.2, 0) is 46.7 Å². The smallest absolute Gasteiger partial charge is 0.376 e. The van der Waals surface area contributed by atoms with Crippen molar-refractivity contribution < 1.29 is 39.5 Å². The van der Waals surface area contributed by atoms with Crippen molar-refractivity contribution in [1.82, 2.24) is 14.5 Å². The minimum Gasteiger partial charge on any atom is -0.376 e. The summed E-state index contributed by atoms with van der Waals surface area (Å²) in [4.78, 5) is -0.598. The first-order valence-electron chi connectivity index (χ1n) is 8.30. The molecule has 0 amide bonds. The van der Waals surface area contributed by atoms with Gasteiger partial charge in [0, 0.05) is 24.2 Å². The molecule has 1 aliphatic heterocycles. The fourth-order valence-electron chi connectivity index (χ4n) is 2.93. The van der Waals surface area contributed by atoms with Gasteiger partial charge in [0.25, 0.3) is 0 Å². The second-order valence-corrected chi connectivity index (χ2v) is 7.99. The molecule has 0 aliphatic carbocycles. The number of ether oxygens (including phenoxy) is 1. The molecule has 0 saturated carbocycles. The predicted octanol–water partition coefficient (Wildman–Crippen LogP) is 2.97. The first-order chi connectivity index (χ1) is 13.4. The average molecular weight is 443 g/mol. The molecular formula is C16H15F6N3O3S. The van der Waals surface area contributed by atoms with E-state index in [1.807, 2.05) is 0 Å². The lowest BCUT2D eigenvalue weighted by Gasteiger charge is -2.15. The molecule has 1 aromatic heterocycles. The molecule has 13 heteroatoms. The van der Waals surface area contributed by atoms with Gasteiger partial charge in [0.1, 0.15) is 0 Å². The fraction of sp³-hybridized carbons (Fsp3) is 0.438. The van der Waals surface area contributed by atoms with Crippen LogP contribution < -0.4 is 4.72 Å². The van der Waals surface area contributed by atoms with Crippen molar-refractivity contribution in [3.8, 4) is 0 Å². The normalized spacial score (nSPS) is 15.4. The number of sulfonamides is 1. The number of nitrogens with one attached hydrogen (secondary N) is 1. The molecule has 6 nitrogen and oxygen atoms in total. The fourth-order valence-corrected chi connectivity index (χ4v) is 4.00. The lowest BCUT2D eigenvalue weighted by atomic mass is 10.1. The third kappa shape index (κ3) is 4.73. The molecular weight excluding hydrogens is 428 g/mol. The molecule has 0 atom stereocenters. The lowest BCUT2D eigenvalue weighted by Crippen LogP contribution is -2.29. The van der Waals surface area contributed by atoms with Gasteiger partial charge in [0.15, 0.2) is 5.69 Å². The average Bonchev–Trinajstić information content (AvgIpc) is 3.00. The summed E-state index contributed by atoms with van der Waals surface area (Å²) in [5.74, 6) is 0. The van der Waals surface area contributed by atoms with Crippen LogP contribution in [0.1, 0.15) is 22.5 Å². The molecule has 0 spiro atoms. The molecule has 29 heavy (non-hydrogen) atoms. The van der Waals surface area contributed by atoms with Crippen LogP contribution in [0, 0.1) is 0 Å². The van der Waals surface area contributed by atoms with Crippen LogP contribution in [0.25, 0.3) is 0 Å². The highest BCUT2D eigenvalue weighted by Crippen LogP contribution is 2.34. The van der Waals surface area contributed by atoms with E-state index in [4.69, 9.17) is 4.74 Å². The molecule has 1 aliphatic rings. The molecule has 1 N–H and O–H groups in total. The Morgan fingerprint density at radius 3 is 2.52 bits per heavy atom. The van der Waals surface area contributed by atoms with E-state index in [2.05, 4.69) is 9.82 Å². The van der Waals surface area contributed by atoms with Crippen LogP contribution in [0.5, 0.6) is 0 Å². The second kappa shape index (κ2) is 7.61. The van der Waals surface area contributed by atoms with Crippen molar-refractivity contribution in [2.75, 3.05) is 13.2 Å². The Labute approximate surface area is 161 Å². The summed E-state index contributed by atoms with van der Waals surface area (Å²) >= 11 is 0. The monoisotopic (exact) mass is 443 g/mol. The van der Waals surface area contributed by atoms with Crippen LogP contribution in [-0.4, -0.2) is 31.3 Å². The van der Waals surface area contributed by atoms with Gasteiger partial charge in [-0.15, -0.1) is 0 Å². The van der Waals surface area contributed by atoms with E-state index in [0.717, 1.165) is 22.9 Å². The highest BCUT2D eigenvalue weighted by Gasteiger charge is 2.39. The molecule has 0 radical (unpaired) electrons. The van der Waals surface area contributed by atoms with Gasteiger partial charge >= 0.3 is 12.4 Å². The van der Waals surface area contributed by atoms with Crippen molar-refractivity contribution in [3.63, 3.8) is 0 Å². The molecule has 160 valence electrons. The van der Waals surface area contributed by atoms with Gasteiger partial charge in [-0.2, -0.15) is 31.4 Å². The maximum absolute atomic E-state index is 13.1. The summed E-state index contributed by atoms with van der Waals surface area (Å²) in [7, 11) is -4.29. The van der Waals surface area contributed by atoms with Crippen molar-refractivity contribution in [2.24, 2.45) is 0 Å². The standard InChI is InChI=1S/C16H15F6N3O3S/c17-15(18,19)10-2-1-3-11(8-10)29(26,27)23-5-6-25-13-4-7-28-9-12(13)14(24-25)16(20,21)22/h1-3,8,23H,4-7,9H2. The summed E-state index contributed by atoms with van der Waals surface area (Å²) in [5, 5.41) is 3.53. The summed E-state index contributed by atoms with van der Waals surface area (Å²) < 4.78 is 110. The van der Waals surface area contributed by atoms with Crippen LogP contribution in [0.15, 0.2) is 29.2 Å². The third-order valence-electron chi connectivity index (χ3n) is 4.25.